The van der Waals surface area contributed by atoms with Crippen molar-refractivity contribution in [2.45, 2.75) is 100 Å². The summed E-state index contributed by atoms with van der Waals surface area (Å²) in [5.41, 5.74) is 0.741. The zero-order valence-corrected chi connectivity index (χ0v) is 35.1. The van der Waals surface area contributed by atoms with Crippen molar-refractivity contribution in [1.82, 2.24) is 0 Å². The van der Waals surface area contributed by atoms with Gasteiger partial charge in [-0.05, 0) is 94.0 Å². The number of allylic oxidation sites excluding steroid dienone is 1. The minimum absolute atomic E-state index is 0.0789. The fourth-order valence-corrected chi connectivity index (χ4v) is 9.28. The summed E-state index contributed by atoms with van der Waals surface area (Å²) in [4.78, 5) is 75.7. The Morgan fingerprint density at radius 2 is 1.22 bits per heavy atom. The van der Waals surface area contributed by atoms with Crippen molar-refractivity contribution < 1.29 is 57.2 Å². The molecule has 16 heteroatoms. The molecule has 0 N–H and O–H groups in total. The first-order valence-electron chi connectivity index (χ1n) is 19.8. The number of thioether (sulfide) groups is 2. The van der Waals surface area contributed by atoms with Crippen LogP contribution in [0.25, 0.3) is 0 Å². The summed E-state index contributed by atoms with van der Waals surface area (Å²) >= 11 is 2.26. The third-order valence-electron chi connectivity index (χ3n) is 10.3. The summed E-state index contributed by atoms with van der Waals surface area (Å²) in [6.45, 7) is 6.95. The van der Waals surface area contributed by atoms with E-state index in [0.29, 0.717) is 63.5 Å². The predicted molar refractivity (Wildman–Crippen MR) is 217 cm³/mol. The van der Waals surface area contributed by atoms with E-state index in [0.717, 1.165) is 60.8 Å². The third-order valence-corrected chi connectivity index (χ3v) is 12.9. The number of nitrogens with zero attached hydrogens (tertiary/aromatic N) is 2. The lowest BCUT2D eigenvalue weighted by molar-refractivity contribution is -0.156. The standard InChI is InChI=1S/C44H46N2O12S2/c1-4-36(47)55-27(3)25-54-38(49)20-19-37(48)53-22-21-28-7-15-33(16-8-28)56-41(50)30-11-13-31(14-12-30)43(52)58-35-18-17-34(57-42(51)29-9-5-26(2)6-10-29)39-40(35)60-44(59-39)32(23-45)24-46/h4,7-8,15-18,26-27,29-31H,1,5-6,9-14,19-22,25H2,2-3H3. The average Bonchev–Trinajstić information content (AvgIpc) is 3.70. The molecule has 0 radical (unpaired) electrons. The SMILES string of the molecule is C=CC(=O)OC(C)COC(=O)CCC(=O)OCCc1ccc(OC(=O)C2CCC(C(=O)Oc3ccc(OC(=O)C4CCC(C)CC4)c4c3SC(=C(C#N)C#N)S4)CC2)cc1. The van der Waals surface area contributed by atoms with E-state index in [-0.39, 0.29) is 49.3 Å². The number of fused-ring (bicyclic) bond motifs is 1. The van der Waals surface area contributed by atoms with Gasteiger partial charge in [-0.25, -0.2) is 4.79 Å². The fourth-order valence-electron chi connectivity index (χ4n) is 6.79. The molecular formula is C44H46N2O12S2. The van der Waals surface area contributed by atoms with Crippen LogP contribution in [0.15, 0.2) is 68.7 Å². The number of ether oxygens (including phenoxy) is 6. The lowest BCUT2D eigenvalue weighted by Crippen LogP contribution is -2.30. The van der Waals surface area contributed by atoms with Crippen LogP contribution < -0.4 is 14.2 Å². The first-order valence-corrected chi connectivity index (χ1v) is 21.5. The molecule has 2 saturated carbocycles. The van der Waals surface area contributed by atoms with Gasteiger partial charge in [-0.15, -0.1) is 0 Å². The highest BCUT2D eigenvalue weighted by Gasteiger charge is 2.35. The summed E-state index contributed by atoms with van der Waals surface area (Å²) in [7, 11) is 0. The van der Waals surface area contributed by atoms with Crippen LogP contribution in [0.5, 0.6) is 17.2 Å². The normalized spacial score (nSPS) is 19.8. The molecule has 2 aromatic carbocycles. The van der Waals surface area contributed by atoms with Crippen LogP contribution in [0.2, 0.25) is 0 Å². The Hall–Kier alpha value is -5.58. The largest absolute Gasteiger partial charge is 0.465 e. The second-order valence-electron chi connectivity index (χ2n) is 14.8. The van der Waals surface area contributed by atoms with Crippen molar-refractivity contribution in [1.29, 1.82) is 10.5 Å². The summed E-state index contributed by atoms with van der Waals surface area (Å²) in [5.74, 6) is -2.65. The zero-order chi connectivity index (χ0) is 43.2. The second-order valence-corrected chi connectivity index (χ2v) is 17.1. The number of hydrogen-bond donors (Lipinski definition) is 0. The van der Waals surface area contributed by atoms with Gasteiger partial charge < -0.3 is 28.4 Å². The number of carbonyl (C=O) groups is 6. The molecule has 2 aromatic rings. The number of nitriles is 2. The summed E-state index contributed by atoms with van der Waals surface area (Å²) < 4.78 is 32.9. The first-order chi connectivity index (χ1) is 28.9. The third kappa shape index (κ3) is 13.0. The predicted octanol–water partition coefficient (Wildman–Crippen LogP) is 7.72. The van der Waals surface area contributed by atoms with Gasteiger partial charge in [0.05, 0.1) is 51.2 Å². The molecule has 316 valence electrons. The summed E-state index contributed by atoms with van der Waals surface area (Å²) in [6, 6.07) is 13.8. The van der Waals surface area contributed by atoms with Gasteiger partial charge in [0.1, 0.15) is 47.7 Å². The monoisotopic (exact) mass is 858 g/mol. The topological polar surface area (TPSA) is 205 Å². The molecule has 60 heavy (non-hydrogen) atoms. The van der Waals surface area contributed by atoms with E-state index in [1.54, 1.807) is 43.3 Å². The van der Waals surface area contributed by atoms with E-state index in [2.05, 4.69) is 13.5 Å². The van der Waals surface area contributed by atoms with Crippen LogP contribution in [0.1, 0.15) is 83.6 Å². The molecule has 0 bridgehead atoms. The molecular weight excluding hydrogens is 813 g/mol. The molecule has 1 heterocycles. The van der Waals surface area contributed by atoms with Gasteiger partial charge in [0.25, 0.3) is 0 Å². The Morgan fingerprint density at radius 1 is 0.733 bits per heavy atom. The van der Waals surface area contributed by atoms with Crippen LogP contribution in [-0.4, -0.2) is 55.1 Å². The maximum Gasteiger partial charge on any atom is 0.330 e. The van der Waals surface area contributed by atoms with Crippen molar-refractivity contribution in [3.05, 3.63) is 64.4 Å². The van der Waals surface area contributed by atoms with E-state index in [9.17, 15) is 39.3 Å². The highest BCUT2D eigenvalue weighted by Crippen LogP contribution is 2.59. The van der Waals surface area contributed by atoms with Crippen LogP contribution in [0.4, 0.5) is 0 Å². The van der Waals surface area contributed by atoms with E-state index in [1.807, 2.05) is 12.1 Å². The Labute approximate surface area is 356 Å². The molecule has 3 aliphatic rings. The van der Waals surface area contributed by atoms with E-state index in [4.69, 9.17) is 28.4 Å². The van der Waals surface area contributed by atoms with Crippen molar-refractivity contribution in [2.75, 3.05) is 13.2 Å². The molecule has 0 amide bonds. The van der Waals surface area contributed by atoms with Crippen molar-refractivity contribution in [2.24, 2.45) is 23.7 Å². The number of hydrogen-bond acceptors (Lipinski definition) is 16. The number of rotatable bonds is 16. The van der Waals surface area contributed by atoms with Crippen molar-refractivity contribution in [3.63, 3.8) is 0 Å². The molecule has 1 atom stereocenters. The minimum atomic E-state index is -0.652. The molecule has 2 aliphatic carbocycles. The van der Waals surface area contributed by atoms with E-state index in [1.165, 1.54) is 0 Å². The Kier molecular flexibility index (Phi) is 16.8. The summed E-state index contributed by atoms with van der Waals surface area (Å²) in [6.07, 6.45) is 5.45. The molecule has 0 spiro atoms. The van der Waals surface area contributed by atoms with Crippen LogP contribution in [0.3, 0.4) is 0 Å². The Balaban J connectivity index is 1.05. The molecule has 2 fully saturated rings. The van der Waals surface area contributed by atoms with Crippen molar-refractivity contribution >= 4 is 59.3 Å². The lowest BCUT2D eigenvalue weighted by Gasteiger charge is -2.26. The molecule has 14 nitrogen and oxygen atoms in total. The zero-order valence-electron chi connectivity index (χ0n) is 33.4. The highest BCUT2D eigenvalue weighted by atomic mass is 32.2. The van der Waals surface area contributed by atoms with Gasteiger partial charge in [-0.2, -0.15) is 10.5 Å². The van der Waals surface area contributed by atoms with Gasteiger partial charge in [-0.3, -0.25) is 24.0 Å². The highest BCUT2D eigenvalue weighted by molar-refractivity contribution is 8.24. The quantitative estimate of drug-likeness (QED) is 0.0521. The van der Waals surface area contributed by atoms with Crippen molar-refractivity contribution in [3.8, 4) is 29.4 Å². The van der Waals surface area contributed by atoms with Gasteiger partial charge in [0, 0.05) is 12.5 Å². The summed E-state index contributed by atoms with van der Waals surface area (Å²) in [5, 5.41) is 19.1. The van der Waals surface area contributed by atoms with Gasteiger partial charge in [-0.1, -0.05) is 49.2 Å². The van der Waals surface area contributed by atoms with Gasteiger partial charge in [0.15, 0.2) is 0 Å². The average molecular weight is 859 g/mol. The Bertz CT molecular complexity index is 2050. The smallest absolute Gasteiger partial charge is 0.330 e. The minimum Gasteiger partial charge on any atom is -0.465 e. The lowest BCUT2D eigenvalue weighted by atomic mass is 9.82. The second kappa shape index (κ2) is 22.1. The molecule has 0 aromatic heterocycles. The number of esters is 6. The van der Waals surface area contributed by atoms with Gasteiger partial charge >= 0.3 is 35.8 Å². The van der Waals surface area contributed by atoms with Crippen LogP contribution in [-0.2, 0) is 49.4 Å². The van der Waals surface area contributed by atoms with E-state index < -0.39 is 47.8 Å². The maximum absolute atomic E-state index is 13.4. The molecule has 1 aliphatic heterocycles. The molecule has 0 saturated heterocycles. The van der Waals surface area contributed by atoms with Crippen LogP contribution >= 0.6 is 23.5 Å². The van der Waals surface area contributed by atoms with E-state index >= 15 is 0 Å². The maximum atomic E-state index is 13.4. The molecule has 5 rings (SSSR count). The van der Waals surface area contributed by atoms with Gasteiger partial charge in [0.2, 0.25) is 0 Å². The number of carbonyl (C=O) groups excluding carboxylic acids is 6. The van der Waals surface area contributed by atoms with Crippen LogP contribution in [0, 0.1) is 46.3 Å². The number of benzene rings is 2. The first kappa shape index (κ1) is 45.5. The fraction of sp³-hybridized carbons (Fsp3) is 0.455. The Morgan fingerprint density at radius 3 is 1.72 bits per heavy atom. The molecule has 1 unspecified atom stereocenters.